The van der Waals surface area contributed by atoms with Gasteiger partial charge in [0.25, 0.3) is 0 Å². The van der Waals surface area contributed by atoms with Crippen LogP contribution in [0.25, 0.3) is 0 Å². The molecule has 3 nitrogen and oxygen atoms in total. The molecule has 3 N–H and O–H groups in total. The Morgan fingerprint density at radius 1 is 1.56 bits per heavy atom. The van der Waals surface area contributed by atoms with Crippen LogP contribution in [-0.2, 0) is 6.42 Å². The third kappa shape index (κ3) is 2.95. The van der Waals surface area contributed by atoms with E-state index >= 15 is 0 Å². The maximum Gasteiger partial charge on any atom is 0.137 e. The second-order valence-electron chi connectivity index (χ2n) is 3.95. The lowest BCUT2D eigenvalue weighted by Crippen LogP contribution is -2.30. The highest BCUT2D eigenvalue weighted by molar-refractivity contribution is 9.10. The highest BCUT2D eigenvalue weighted by atomic mass is 79.9. The Labute approximate surface area is 117 Å². The summed E-state index contributed by atoms with van der Waals surface area (Å²) in [5, 5.41) is 2.97. The molecule has 0 aliphatic rings. The molecule has 0 aliphatic heterocycles. The van der Waals surface area contributed by atoms with E-state index in [4.69, 9.17) is 5.84 Å². The average molecular weight is 330 g/mol. The highest BCUT2D eigenvalue weighted by Crippen LogP contribution is 2.28. The number of aromatic nitrogens is 1. The van der Waals surface area contributed by atoms with E-state index in [1.165, 1.54) is 6.07 Å². The van der Waals surface area contributed by atoms with Gasteiger partial charge in [0.15, 0.2) is 0 Å². The van der Waals surface area contributed by atoms with Crippen LogP contribution in [0.2, 0.25) is 0 Å². The highest BCUT2D eigenvalue weighted by Gasteiger charge is 2.17. The maximum atomic E-state index is 13.5. The lowest BCUT2D eigenvalue weighted by atomic mass is 10.0. The summed E-state index contributed by atoms with van der Waals surface area (Å²) in [5.74, 6) is 5.27. The summed E-state index contributed by atoms with van der Waals surface area (Å²) in [6.07, 6.45) is 0.636. The number of aryl methyl sites for hydroxylation is 1. The lowest BCUT2D eigenvalue weighted by molar-refractivity contribution is 0.539. The smallest absolute Gasteiger partial charge is 0.137 e. The van der Waals surface area contributed by atoms with Crippen LogP contribution < -0.4 is 11.3 Å². The Hall–Kier alpha value is -0.820. The van der Waals surface area contributed by atoms with Crippen LogP contribution in [0.4, 0.5) is 4.39 Å². The zero-order valence-electron chi connectivity index (χ0n) is 9.78. The van der Waals surface area contributed by atoms with Gasteiger partial charge in [0.1, 0.15) is 5.82 Å². The Kier molecular flexibility index (Phi) is 4.45. The van der Waals surface area contributed by atoms with Gasteiger partial charge in [-0.1, -0.05) is 12.1 Å². The van der Waals surface area contributed by atoms with Gasteiger partial charge in [0.05, 0.1) is 15.5 Å². The van der Waals surface area contributed by atoms with Crippen molar-refractivity contribution >= 4 is 27.3 Å². The van der Waals surface area contributed by atoms with Crippen molar-refractivity contribution in [2.24, 2.45) is 5.84 Å². The van der Waals surface area contributed by atoms with Crippen molar-refractivity contribution < 1.29 is 4.39 Å². The van der Waals surface area contributed by atoms with Gasteiger partial charge in [0, 0.05) is 17.5 Å². The SMILES string of the molecule is Cc1csc(CC(NN)c2cccc(F)c2Br)n1. The lowest BCUT2D eigenvalue weighted by Gasteiger charge is -2.16. The first-order valence-electron chi connectivity index (χ1n) is 5.43. The minimum absolute atomic E-state index is 0.166. The topological polar surface area (TPSA) is 50.9 Å². The van der Waals surface area contributed by atoms with E-state index < -0.39 is 0 Å². The van der Waals surface area contributed by atoms with Gasteiger partial charge in [-0.05, 0) is 34.5 Å². The van der Waals surface area contributed by atoms with E-state index in [1.807, 2.05) is 18.4 Å². The van der Waals surface area contributed by atoms with E-state index in [1.54, 1.807) is 17.4 Å². The first-order chi connectivity index (χ1) is 8.61. The van der Waals surface area contributed by atoms with Crippen molar-refractivity contribution in [3.05, 3.63) is 50.1 Å². The standard InChI is InChI=1S/C12H13BrFN3S/c1-7-6-18-11(16-7)5-10(17-15)8-3-2-4-9(14)12(8)13/h2-4,6,10,17H,5,15H2,1H3. The van der Waals surface area contributed by atoms with Gasteiger partial charge in [-0.2, -0.15) is 0 Å². The first-order valence-corrected chi connectivity index (χ1v) is 7.10. The minimum atomic E-state index is -0.289. The number of thiazole rings is 1. The van der Waals surface area contributed by atoms with E-state index in [0.29, 0.717) is 10.9 Å². The number of nitrogens with zero attached hydrogens (tertiary/aromatic N) is 1. The zero-order chi connectivity index (χ0) is 13.1. The third-order valence-electron chi connectivity index (χ3n) is 2.60. The first kappa shape index (κ1) is 13.6. The summed E-state index contributed by atoms with van der Waals surface area (Å²) in [6.45, 7) is 1.95. The molecule has 2 rings (SSSR count). The predicted octanol–water partition coefficient (Wildman–Crippen LogP) is 3.10. The molecule has 18 heavy (non-hydrogen) atoms. The molecule has 0 spiro atoms. The number of nitrogens with one attached hydrogen (secondary N) is 1. The van der Waals surface area contributed by atoms with Crippen LogP contribution >= 0.6 is 27.3 Å². The van der Waals surface area contributed by atoms with Gasteiger partial charge < -0.3 is 0 Å². The molecule has 0 fully saturated rings. The Bertz CT molecular complexity index is 544. The predicted molar refractivity (Wildman–Crippen MR) is 74.7 cm³/mol. The normalized spacial score (nSPS) is 12.7. The van der Waals surface area contributed by atoms with Crippen LogP contribution in [0.1, 0.15) is 22.3 Å². The van der Waals surface area contributed by atoms with E-state index in [-0.39, 0.29) is 11.9 Å². The van der Waals surface area contributed by atoms with Gasteiger partial charge >= 0.3 is 0 Å². The summed E-state index contributed by atoms with van der Waals surface area (Å²) in [4.78, 5) is 4.39. The summed E-state index contributed by atoms with van der Waals surface area (Å²) in [5.41, 5.74) is 4.50. The summed E-state index contributed by atoms with van der Waals surface area (Å²) < 4.78 is 13.9. The van der Waals surface area contributed by atoms with E-state index in [9.17, 15) is 4.39 Å². The van der Waals surface area contributed by atoms with E-state index in [2.05, 4.69) is 26.3 Å². The molecule has 0 amide bonds. The number of halogens is 2. The number of benzene rings is 1. The Morgan fingerprint density at radius 2 is 2.33 bits per heavy atom. The molecule has 0 aliphatic carbocycles. The van der Waals surface area contributed by atoms with Crippen molar-refractivity contribution in [3.63, 3.8) is 0 Å². The van der Waals surface area contributed by atoms with E-state index in [0.717, 1.165) is 16.3 Å². The molecule has 1 aromatic heterocycles. The van der Waals surface area contributed by atoms with Crippen molar-refractivity contribution in [2.45, 2.75) is 19.4 Å². The molecule has 0 saturated heterocycles. The van der Waals surface area contributed by atoms with Crippen LogP contribution in [0.5, 0.6) is 0 Å². The van der Waals surface area contributed by atoms with Crippen molar-refractivity contribution in [2.75, 3.05) is 0 Å². The molecule has 6 heteroatoms. The maximum absolute atomic E-state index is 13.5. The fourth-order valence-corrected chi connectivity index (χ4v) is 3.08. The molecule has 1 aromatic carbocycles. The largest absolute Gasteiger partial charge is 0.271 e. The van der Waals surface area contributed by atoms with Crippen LogP contribution in [0.15, 0.2) is 28.1 Å². The van der Waals surface area contributed by atoms with Crippen LogP contribution in [-0.4, -0.2) is 4.98 Å². The molecule has 0 saturated carbocycles. The minimum Gasteiger partial charge on any atom is -0.271 e. The number of hydrogen-bond donors (Lipinski definition) is 2. The second-order valence-corrected chi connectivity index (χ2v) is 5.68. The molecular weight excluding hydrogens is 317 g/mol. The molecule has 0 radical (unpaired) electrons. The van der Waals surface area contributed by atoms with Gasteiger partial charge in [-0.3, -0.25) is 11.3 Å². The van der Waals surface area contributed by atoms with Gasteiger partial charge in [-0.25, -0.2) is 9.37 Å². The van der Waals surface area contributed by atoms with Crippen molar-refractivity contribution in [1.82, 2.24) is 10.4 Å². The van der Waals surface area contributed by atoms with Crippen molar-refractivity contribution in [3.8, 4) is 0 Å². The van der Waals surface area contributed by atoms with Gasteiger partial charge in [-0.15, -0.1) is 11.3 Å². The summed E-state index contributed by atoms with van der Waals surface area (Å²) in [7, 11) is 0. The second kappa shape index (κ2) is 5.88. The molecular formula is C12H13BrFN3S. The van der Waals surface area contributed by atoms with Crippen molar-refractivity contribution in [1.29, 1.82) is 0 Å². The third-order valence-corrected chi connectivity index (χ3v) is 4.43. The quantitative estimate of drug-likeness (QED) is 0.669. The zero-order valence-corrected chi connectivity index (χ0v) is 12.2. The fraction of sp³-hybridized carbons (Fsp3) is 0.250. The number of nitrogens with two attached hydrogens (primary N) is 1. The Morgan fingerprint density at radius 3 is 2.94 bits per heavy atom. The Balaban J connectivity index is 2.25. The molecule has 1 heterocycles. The molecule has 96 valence electrons. The molecule has 1 atom stereocenters. The fourth-order valence-electron chi connectivity index (χ4n) is 1.72. The monoisotopic (exact) mass is 329 g/mol. The summed E-state index contributed by atoms with van der Waals surface area (Å²) >= 11 is 4.83. The molecule has 1 unspecified atom stereocenters. The average Bonchev–Trinajstić information content (AvgIpc) is 2.76. The number of rotatable bonds is 4. The van der Waals surface area contributed by atoms with Gasteiger partial charge in [0.2, 0.25) is 0 Å². The summed E-state index contributed by atoms with van der Waals surface area (Å²) in [6, 6.07) is 4.76. The molecule has 0 bridgehead atoms. The number of hydrazine groups is 1. The van der Waals surface area contributed by atoms with Crippen LogP contribution in [0.3, 0.4) is 0 Å². The molecule has 2 aromatic rings. The van der Waals surface area contributed by atoms with Crippen LogP contribution in [0, 0.1) is 12.7 Å². The number of hydrogen-bond acceptors (Lipinski definition) is 4.